The zero-order valence-corrected chi connectivity index (χ0v) is 14.4. The Bertz CT molecular complexity index is 881. The molecule has 1 aromatic heterocycles. The normalized spacial score (nSPS) is 10.3. The third-order valence-electron chi connectivity index (χ3n) is 3.52. The average Bonchev–Trinajstić information content (AvgIpc) is 2.60. The first-order valence-electron chi connectivity index (χ1n) is 7.78. The Morgan fingerprint density at radius 3 is 2.64 bits per heavy atom. The summed E-state index contributed by atoms with van der Waals surface area (Å²) in [5.41, 5.74) is 3.21. The van der Waals surface area contributed by atoms with Gasteiger partial charge in [0.25, 0.3) is 5.91 Å². The Kier molecular flexibility index (Phi) is 5.26. The quantitative estimate of drug-likeness (QED) is 0.718. The topological polar surface area (TPSA) is 66.9 Å². The molecule has 5 nitrogen and oxygen atoms in total. The highest BCUT2D eigenvalue weighted by Crippen LogP contribution is 2.15. The van der Waals surface area contributed by atoms with Gasteiger partial charge in [-0.3, -0.25) is 4.79 Å². The summed E-state index contributed by atoms with van der Waals surface area (Å²) in [7, 11) is 0. The summed E-state index contributed by atoms with van der Waals surface area (Å²) >= 11 is 5.90. The number of anilines is 2. The van der Waals surface area contributed by atoms with Gasteiger partial charge >= 0.3 is 0 Å². The fraction of sp³-hybridized carbons (Fsp3) is 0.105. The van der Waals surface area contributed by atoms with Gasteiger partial charge in [-0.05, 0) is 30.7 Å². The number of nitrogens with one attached hydrogen (secondary N) is 2. The lowest BCUT2D eigenvalue weighted by molar-refractivity contribution is 0.102. The van der Waals surface area contributed by atoms with Crippen molar-refractivity contribution in [2.45, 2.75) is 13.5 Å². The van der Waals surface area contributed by atoms with E-state index in [4.69, 9.17) is 11.6 Å². The summed E-state index contributed by atoms with van der Waals surface area (Å²) in [6.45, 7) is 2.70. The Hall–Kier alpha value is -2.92. The molecule has 3 aromatic rings. The van der Waals surface area contributed by atoms with Gasteiger partial charge in [-0.2, -0.15) is 0 Å². The molecule has 6 heteroatoms. The largest absolute Gasteiger partial charge is 0.365 e. The summed E-state index contributed by atoms with van der Waals surface area (Å²) in [6, 6.07) is 15.2. The molecule has 25 heavy (non-hydrogen) atoms. The number of amides is 1. The lowest BCUT2D eigenvalue weighted by Crippen LogP contribution is -2.14. The number of nitrogens with zero attached hydrogens (tertiary/aromatic N) is 2. The summed E-state index contributed by atoms with van der Waals surface area (Å²) < 4.78 is 0. The second-order valence-corrected chi connectivity index (χ2v) is 6.03. The van der Waals surface area contributed by atoms with E-state index < -0.39 is 0 Å². The maximum absolute atomic E-state index is 12.2. The number of aryl methyl sites for hydroxylation is 1. The van der Waals surface area contributed by atoms with Crippen LogP contribution in [-0.2, 0) is 6.54 Å². The average molecular weight is 353 g/mol. The molecule has 0 aliphatic rings. The molecule has 0 aliphatic heterocycles. The van der Waals surface area contributed by atoms with Crippen LogP contribution in [0.5, 0.6) is 0 Å². The molecule has 2 N–H and O–H groups in total. The molecular formula is C19H17ClN4O. The Balaban J connectivity index is 1.60. The molecule has 0 saturated heterocycles. The van der Waals surface area contributed by atoms with E-state index in [0.29, 0.717) is 23.1 Å². The number of carbonyl (C=O) groups is 1. The Morgan fingerprint density at radius 1 is 1.08 bits per heavy atom. The van der Waals surface area contributed by atoms with Gasteiger partial charge in [0.05, 0.1) is 12.4 Å². The summed E-state index contributed by atoms with van der Waals surface area (Å²) in [5.74, 6) is 0.279. The minimum Gasteiger partial charge on any atom is -0.365 e. The van der Waals surface area contributed by atoms with Gasteiger partial charge in [-0.25, -0.2) is 9.97 Å². The van der Waals surface area contributed by atoms with Crippen molar-refractivity contribution >= 4 is 29.0 Å². The lowest BCUT2D eigenvalue weighted by atomic mass is 10.1. The van der Waals surface area contributed by atoms with Crippen molar-refractivity contribution < 1.29 is 4.79 Å². The molecule has 0 bridgehead atoms. The van der Waals surface area contributed by atoms with Gasteiger partial charge in [0.2, 0.25) is 0 Å². The Labute approximate surface area is 151 Å². The first kappa shape index (κ1) is 16.9. The molecule has 0 saturated carbocycles. The zero-order valence-electron chi connectivity index (χ0n) is 13.7. The number of benzene rings is 2. The molecule has 0 radical (unpaired) electrons. The lowest BCUT2D eigenvalue weighted by Gasteiger charge is -2.07. The molecule has 0 aliphatic carbocycles. The molecule has 0 spiro atoms. The van der Waals surface area contributed by atoms with Crippen LogP contribution in [-0.4, -0.2) is 15.9 Å². The van der Waals surface area contributed by atoms with Gasteiger partial charge in [-0.1, -0.05) is 47.5 Å². The fourth-order valence-electron chi connectivity index (χ4n) is 2.31. The van der Waals surface area contributed by atoms with E-state index in [1.807, 2.05) is 12.1 Å². The number of halogens is 1. The van der Waals surface area contributed by atoms with E-state index in [1.54, 1.807) is 30.5 Å². The first-order chi connectivity index (χ1) is 12.1. The van der Waals surface area contributed by atoms with Crippen LogP contribution in [0.1, 0.15) is 21.6 Å². The summed E-state index contributed by atoms with van der Waals surface area (Å²) in [4.78, 5) is 20.6. The monoisotopic (exact) mass is 352 g/mol. The predicted molar refractivity (Wildman–Crippen MR) is 99.9 cm³/mol. The van der Waals surface area contributed by atoms with Gasteiger partial charge in [0.1, 0.15) is 11.5 Å². The second kappa shape index (κ2) is 7.77. The van der Waals surface area contributed by atoms with Gasteiger partial charge in [0, 0.05) is 17.3 Å². The van der Waals surface area contributed by atoms with Crippen LogP contribution in [0.3, 0.4) is 0 Å². The van der Waals surface area contributed by atoms with Crippen molar-refractivity contribution in [2.24, 2.45) is 0 Å². The summed E-state index contributed by atoms with van der Waals surface area (Å²) in [6.07, 6.45) is 2.99. The number of hydrogen-bond acceptors (Lipinski definition) is 4. The van der Waals surface area contributed by atoms with E-state index in [0.717, 1.165) is 5.56 Å². The van der Waals surface area contributed by atoms with Crippen molar-refractivity contribution in [3.63, 3.8) is 0 Å². The van der Waals surface area contributed by atoms with Crippen molar-refractivity contribution in [3.8, 4) is 0 Å². The van der Waals surface area contributed by atoms with Crippen LogP contribution >= 0.6 is 11.6 Å². The number of rotatable bonds is 5. The number of carbonyl (C=O) groups excluding carboxylic acids is 1. The molecule has 0 unspecified atom stereocenters. The molecule has 0 atom stereocenters. The molecule has 126 valence electrons. The molecule has 0 fully saturated rings. The van der Waals surface area contributed by atoms with Crippen molar-refractivity contribution in [1.82, 2.24) is 9.97 Å². The highest BCUT2D eigenvalue weighted by Gasteiger charge is 2.08. The fourth-order valence-corrected chi connectivity index (χ4v) is 2.50. The zero-order chi connectivity index (χ0) is 17.6. The molecule has 1 amide bonds. The van der Waals surface area contributed by atoms with Gasteiger partial charge < -0.3 is 10.6 Å². The van der Waals surface area contributed by atoms with Crippen molar-refractivity contribution in [2.75, 3.05) is 10.6 Å². The van der Waals surface area contributed by atoms with Crippen LogP contribution in [0.25, 0.3) is 0 Å². The van der Waals surface area contributed by atoms with E-state index in [9.17, 15) is 4.79 Å². The van der Waals surface area contributed by atoms with Crippen LogP contribution in [0.2, 0.25) is 5.02 Å². The van der Waals surface area contributed by atoms with Gasteiger partial charge in [0.15, 0.2) is 0 Å². The second-order valence-electron chi connectivity index (χ2n) is 5.59. The van der Waals surface area contributed by atoms with Crippen molar-refractivity contribution in [3.05, 3.63) is 82.8 Å². The molecule has 2 aromatic carbocycles. The van der Waals surface area contributed by atoms with Crippen LogP contribution in [0.15, 0.2) is 60.9 Å². The smallest absolute Gasteiger partial charge is 0.275 e. The third-order valence-corrected chi connectivity index (χ3v) is 3.76. The highest BCUT2D eigenvalue weighted by molar-refractivity contribution is 6.30. The van der Waals surface area contributed by atoms with E-state index in [-0.39, 0.29) is 11.6 Å². The molecular weight excluding hydrogens is 336 g/mol. The van der Waals surface area contributed by atoms with Crippen LogP contribution in [0.4, 0.5) is 11.5 Å². The van der Waals surface area contributed by atoms with E-state index in [2.05, 4.69) is 39.7 Å². The van der Waals surface area contributed by atoms with E-state index >= 15 is 0 Å². The van der Waals surface area contributed by atoms with Crippen molar-refractivity contribution in [1.29, 1.82) is 0 Å². The van der Waals surface area contributed by atoms with Crippen LogP contribution in [0, 0.1) is 6.92 Å². The maximum Gasteiger partial charge on any atom is 0.275 e. The van der Waals surface area contributed by atoms with E-state index in [1.165, 1.54) is 11.8 Å². The summed E-state index contributed by atoms with van der Waals surface area (Å²) in [5, 5.41) is 6.48. The first-order valence-corrected chi connectivity index (χ1v) is 8.16. The molecule has 1 heterocycles. The minimum atomic E-state index is -0.333. The standard InChI is InChI=1S/C19H17ClN4O/c1-13-4-2-5-14(8-13)10-22-18-12-21-17(11-23-18)19(25)24-16-7-3-6-15(20)9-16/h2-9,11-12H,10H2,1H3,(H,22,23)(H,24,25). The predicted octanol–water partition coefficient (Wildman–Crippen LogP) is 4.30. The molecule has 3 rings (SSSR count). The Morgan fingerprint density at radius 2 is 1.92 bits per heavy atom. The SMILES string of the molecule is Cc1cccc(CNc2cnc(C(=O)Nc3cccc(Cl)c3)cn2)c1. The maximum atomic E-state index is 12.2. The van der Waals surface area contributed by atoms with Crippen LogP contribution < -0.4 is 10.6 Å². The highest BCUT2D eigenvalue weighted by atomic mass is 35.5. The number of aromatic nitrogens is 2. The number of hydrogen-bond donors (Lipinski definition) is 2. The third kappa shape index (κ3) is 4.78. The minimum absolute atomic E-state index is 0.237. The van der Waals surface area contributed by atoms with Gasteiger partial charge in [-0.15, -0.1) is 0 Å².